The van der Waals surface area contributed by atoms with Gasteiger partial charge >= 0.3 is 0 Å². The van der Waals surface area contributed by atoms with Gasteiger partial charge in [-0.25, -0.2) is 4.68 Å². The molecule has 0 aliphatic rings. The van der Waals surface area contributed by atoms with Crippen molar-refractivity contribution in [1.82, 2.24) is 25.2 Å². The largest absolute Gasteiger partial charge is 0.349 e. The maximum atomic E-state index is 11.4. The highest BCUT2D eigenvalue weighted by Crippen LogP contribution is 1.93. The van der Waals surface area contributed by atoms with E-state index in [2.05, 4.69) is 15.6 Å². The van der Waals surface area contributed by atoms with Crippen LogP contribution in [-0.2, 0) is 22.7 Å². The molecule has 0 radical (unpaired) electrons. The molecule has 0 saturated heterocycles. The minimum absolute atomic E-state index is 0.0622. The number of nitrogens with zero attached hydrogens (tertiary/aromatic N) is 4. The fourth-order valence-electron chi connectivity index (χ4n) is 1.04. The van der Waals surface area contributed by atoms with Crippen LogP contribution in [0.15, 0.2) is 6.20 Å². The van der Waals surface area contributed by atoms with Crippen LogP contribution in [0.3, 0.4) is 0 Å². The Morgan fingerprint density at radius 3 is 2.82 bits per heavy atom. The van der Waals surface area contributed by atoms with Gasteiger partial charge in [-0.2, -0.15) is 0 Å². The second kappa shape index (κ2) is 5.94. The molecule has 1 rings (SSSR count). The maximum absolute atomic E-state index is 11.4. The zero-order valence-corrected chi connectivity index (χ0v) is 9.88. The molecule has 17 heavy (non-hydrogen) atoms. The highest BCUT2D eigenvalue weighted by molar-refractivity contribution is 5.77. The number of hydrogen-bond acceptors (Lipinski definition) is 5. The summed E-state index contributed by atoms with van der Waals surface area (Å²) in [5.41, 5.74) is 5.72. The fourth-order valence-corrected chi connectivity index (χ4v) is 1.04. The number of aromatic nitrogens is 3. The van der Waals surface area contributed by atoms with E-state index in [-0.39, 0.29) is 31.4 Å². The van der Waals surface area contributed by atoms with Crippen LogP contribution in [0.25, 0.3) is 0 Å². The van der Waals surface area contributed by atoms with Crippen molar-refractivity contribution >= 4 is 11.8 Å². The van der Waals surface area contributed by atoms with E-state index in [0.717, 1.165) is 0 Å². The van der Waals surface area contributed by atoms with Gasteiger partial charge in [0.25, 0.3) is 0 Å². The molecule has 1 aromatic rings. The molecular weight excluding hydrogens is 224 g/mol. The van der Waals surface area contributed by atoms with Crippen LogP contribution in [0.1, 0.15) is 5.69 Å². The third-order valence-corrected chi connectivity index (χ3v) is 2.03. The van der Waals surface area contributed by atoms with Gasteiger partial charge in [0, 0.05) is 14.1 Å². The number of likely N-dealkylation sites (N-methyl/N-ethyl adjacent to an activating group) is 1. The topological polar surface area (TPSA) is 106 Å². The van der Waals surface area contributed by atoms with Crippen molar-refractivity contribution in [2.75, 3.05) is 20.6 Å². The quantitative estimate of drug-likeness (QED) is 0.615. The van der Waals surface area contributed by atoms with E-state index in [1.807, 2.05) is 0 Å². The average Bonchev–Trinajstić information content (AvgIpc) is 2.73. The molecule has 1 aromatic heterocycles. The number of nitrogens with two attached hydrogens (primary N) is 1. The molecule has 8 heteroatoms. The van der Waals surface area contributed by atoms with Crippen molar-refractivity contribution in [1.29, 1.82) is 0 Å². The van der Waals surface area contributed by atoms with Gasteiger partial charge in [0.05, 0.1) is 19.3 Å². The van der Waals surface area contributed by atoms with Crippen LogP contribution < -0.4 is 11.1 Å². The van der Waals surface area contributed by atoms with Crippen molar-refractivity contribution in [2.24, 2.45) is 5.73 Å². The summed E-state index contributed by atoms with van der Waals surface area (Å²) in [6.07, 6.45) is 1.61. The molecule has 2 amide bonds. The summed E-state index contributed by atoms with van der Waals surface area (Å²) in [6, 6.07) is 0. The average molecular weight is 240 g/mol. The number of hydrogen-bond donors (Lipinski definition) is 2. The Balaban J connectivity index is 2.48. The van der Waals surface area contributed by atoms with Gasteiger partial charge < -0.3 is 16.0 Å². The first-order chi connectivity index (χ1) is 8.02. The highest BCUT2D eigenvalue weighted by Gasteiger charge is 2.08. The standard InChI is InChI=1S/C9H16N6O2/c1-14(2)9(17)6-15-5-7(12-13-15)4-11-8(16)3-10/h5H,3-4,6,10H2,1-2H3,(H,11,16). The Hall–Kier alpha value is -1.96. The molecule has 94 valence electrons. The Bertz CT molecular complexity index is 400. The van der Waals surface area contributed by atoms with Crippen molar-refractivity contribution in [2.45, 2.75) is 13.1 Å². The molecule has 0 fully saturated rings. The molecule has 0 unspecified atom stereocenters. The number of carbonyl (C=O) groups is 2. The molecule has 0 aliphatic heterocycles. The zero-order valence-electron chi connectivity index (χ0n) is 9.88. The lowest BCUT2D eigenvalue weighted by Gasteiger charge is -2.08. The van der Waals surface area contributed by atoms with Crippen molar-refractivity contribution < 1.29 is 9.59 Å². The molecule has 0 aromatic carbocycles. The first kappa shape index (κ1) is 13.1. The summed E-state index contributed by atoms with van der Waals surface area (Å²) in [7, 11) is 3.34. The maximum Gasteiger partial charge on any atom is 0.243 e. The molecule has 0 spiro atoms. The van der Waals surface area contributed by atoms with E-state index in [1.165, 1.54) is 9.58 Å². The molecule has 0 aliphatic carbocycles. The van der Waals surface area contributed by atoms with Gasteiger partial charge in [0.1, 0.15) is 12.2 Å². The van der Waals surface area contributed by atoms with Crippen molar-refractivity contribution in [3.63, 3.8) is 0 Å². The highest BCUT2D eigenvalue weighted by atomic mass is 16.2. The van der Waals surface area contributed by atoms with Gasteiger partial charge in [-0.05, 0) is 0 Å². The number of nitrogens with one attached hydrogen (secondary N) is 1. The van der Waals surface area contributed by atoms with Gasteiger partial charge in [0.2, 0.25) is 11.8 Å². The Morgan fingerprint density at radius 1 is 1.53 bits per heavy atom. The summed E-state index contributed by atoms with van der Waals surface area (Å²) in [5.74, 6) is -0.337. The lowest BCUT2D eigenvalue weighted by atomic mass is 10.4. The molecule has 8 nitrogen and oxygen atoms in total. The minimum Gasteiger partial charge on any atom is -0.349 e. The van der Waals surface area contributed by atoms with E-state index in [1.54, 1.807) is 20.3 Å². The zero-order chi connectivity index (χ0) is 12.8. The predicted molar refractivity (Wildman–Crippen MR) is 59.6 cm³/mol. The van der Waals surface area contributed by atoms with Crippen LogP contribution in [0.4, 0.5) is 0 Å². The number of carbonyl (C=O) groups excluding carboxylic acids is 2. The van der Waals surface area contributed by atoms with E-state index < -0.39 is 0 Å². The summed E-state index contributed by atoms with van der Waals surface area (Å²) >= 11 is 0. The lowest BCUT2D eigenvalue weighted by Crippen LogP contribution is -2.29. The van der Waals surface area contributed by atoms with Gasteiger partial charge in [-0.15, -0.1) is 5.10 Å². The van der Waals surface area contributed by atoms with Crippen LogP contribution in [0.2, 0.25) is 0 Å². The Labute approximate surface area is 98.8 Å². The van der Waals surface area contributed by atoms with E-state index >= 15 is 0 Å². The first-order valence-corrected chi connectivity index (χ1v) is 5.09. The minimum atomic E-state index is -0.260. The Morgan fingerprint density at radius 2 is 2.24 bits per heavy atom. The molecule has 1 heterocycles. The second-order valence-electron chi connectivity index (χ2n) is 3.68. The molecule has 0 atom stereocenters. The first-order valence-electron chi connectivity index (χ1n) is 5.09. The van der Waals surface area contributed by atoms with Crippen molar-refractivity contribution in [3.8, 4) is 0 Å². The van der Waals surface area contributed by atoms with Gasteiger partial charge in [-0.3, -0.25) is 9.59 Å². The van der Waals surface area contributed by atoms with E-state index in [4.69, 9.17) is 5.73 Å². The summed E-state index contributed by atoms with van der Waals surface area (Å²) in [4.78, 5) is 23.8. The SMILES string of the molecule is CN(C)C(=O)Cn1cc(CNC(=O)CN)nn1. The van der Waals surface area contributed by atoms with Crippen LogP contribution in [0, 0.1) is 0 Å². The molecule has 3 N–H and O–H groups in total. The van der Waals surface area contributed by atoms with E-state index in [0.29, 0.717) is 5.69 Å². The van der Waals surface area contributed by atoms with Gasteiger partial charge in [-0.1, -0.05) is 5.21 Å². The summed E-state index contributed by atoms with van der Waals surface area (Å²) < 4.78 is 1.42. The Kier molecular flexibility index (Phi) is 4.58. The summed E-state index contributed by atoms with van der Waals surface area (Å²) in [6.45, 7) is 0.324. The van der Waals surface area contributed by atoms with Crippen LogP contribution in [0.5, 0.6) is 0 Å². The second-order valence-corrected chi connectivity index (χ2v) is 3.68. The van der Waals surface area contributed by atoms with Crippen LogP contribution in [-0.4, -0.2) is 52.3 Å². The van der Waals surface area contributed by atoms with E-state index in [9.17, 15) is 9.59 Å². The number of amides is 2. The molecular formula is C9H16N6O2. The summed E-state index contributed by atoms with van der Waals surface area (Å²) in [5, 5.41) is 10.2. The van der Waals surface area contributed by atoms with Crippen LogP contribution >= 0.6 is 0 Å². The monoisotopic (exact) mass is 240 g/mol. The van der Waals surface area contributed by atoms with Crippen molar-refractivity contribution in [3.05, 3.63) is 11.9 Å². The van der Waals surface area contributed by atoms with Gasteiger partial charge in [0.15, 0.2) is 0 Å². The lowest BCUT2D eigenvalue weighted by molar-refractivity contribution is -0.129. The number of rotatable bonds is 5. The molecule has 0 saturated carbocycles. The third kappa shape index (κ3) is 4.19. The molecule has 0 bridgehead atoms. The third-order valence-electron chi connectivity index (χ3n) is 2.03. The smallest absolute Gasteiger partial charge is 0.243 e. The normalized spacial score (nSPS) is 10.1. The predicted octanol–water partition coefficient (Wildman–Crippen LogP) is -2.06. The fraction of sp³-hybridized carbons (Fsp3) is 0.556.